The summed E-state index contributed by atoms with van der Waals surface area (Å²) in [7, 11) is 1.59. The van der Waals surface area contributed by atoms with Gasteiger partial charge >= 0.3 is 0 Å². The molecule has 0 saturated heterocycles. The molecule has 0 spiro atoms. The van der Waals surface area contributed by atoms with Gasteiger partial charge < -0.3 is 15.4 Å². The molecule has 2 N–H and O–H groups in total. The fourth-order valence-corrected chi connectivity index (χ4v) is 1.60. The maximum Gasteiger partial charge on any atom is 0.224 e. The van der Waals surface area contributed by atoms with Crippen LogP contribution in [0, 0.1) is 0 Å². The van der Waals surface area contributed by atoms with E-state index in [0.29, 0.717) is 18.2 Å². The van der Waals surface area contributed by atoms with Gasteiger partial charge in [0, 0.05) is 12.5 Å². The number of amides is 1. The predicted molar refractivity (Wildman–Crippen MR) is 74.0 cm³/mol. The monoisotopic (exact) mass is 250 g/mol. The molecule has 0 saturated carbocycles. The summed E-state index contributed by atoms with van der Waals surface area (Å²) in [5.41, 5.74) is 0.724. The van der Waals surface area contributed by atoms with Crippen LogP contribution in [0.15, 0.2) is 24.3 Å². The van der Waals surface area contributed by atoms with Gasteiger partial charge in [0.1, 0.15) is 5.75 Å². The molecule has 1 rings (SSSR count). The number of anilines is 1. The van der Waals surface area contributed by atoms with E-state index in [1.165, 1.54) is 0 Å². The van der Waals surface area contributed by atoms with Gasteiger partial charge in [0.05, 0.1) is 12.8 Å². The highest BCUT2D eigenvalue weighted by atomic mass is 16.5. The third kappa shape index (κ3) is 5.19. The lowest BCUT2D eigenvalue weighted by molar-refractivity contribution is -0.116. The van der Waals surface area contributed by atoms with Crippen LogP contribution in [0.3, 0.4) is 0 Å². The minimum absolute atomic E-state index is 0.0186. The molecule has 0 unspecified atom stereocenters. The number of para-hydroxylation sites is 2. The van der Waals surface area contributed by atoms with Gasteiger partial charge in [0.25, 0.3) is 0 Å². The third-order valence-corrected chi connectivity index (χ3v) is 2.51. The van der Waals surface area contributed by atoms with Crippen LogP contribution in [-0.2, 0) is 4.79 Å². The smallest absolute Gasteiger partial charge is 0.224 e. The Morgan fingerprint density at radius 1 is 1.33 bits per heavy atom. The molecule has 0 heterocycles. The van der Waals surface area contributed by atoms with Crippen molar-refractivity contribution in [3.63, 3.8) is 0 Å². The molecule has 100 valence electrons. The van der Waals surface area contributed by atoms with Crippen LogP contribution < -0.4 is 15.4 Å². The molecule has 0 atom stereocenters. The Labute approximate surface area is 109 Å². The maximum absolute atomic E-state index is 11.7. The second-order valence-electron chi connectivity index (χ2n) is 4.46. The molecule has 0 aliphatic rings. The molecule has 0 aromatic heterocycles. The molecule has 0 aliphatic carbocycles. The Hall–Kier alpha value is -1.55. The minimum atomic E-state index is 0.0186. The Kier molecular flexibility index (Phi) is 6.22. The molecule has 18 heavy (non-hydrogen) atoms. The first-order valence-electron chi connectivity index (χ1n) is 6.29. The lowest BCUT2D eigenvalue weighted by Gasteiger charge is -2.10. The lowest BCUT2D eigenvalue weighted by Crippen LogP contribution is -2.24. The molecule has 0 bridgehead atoms. The van der Waals surface area contributed by atoms with E-state index in [0.717, 1.165) is 18.7 Å². The van der Waals surface area contributed by atoms with Crippen molar-refractivity contribution in [1.29, 1.82) is 0 Å². The first kappa shape index (κ1) is 14.5. The number of carbonyl (C=O) groups is 1. The van der Waals surface area contributed by atoms with Crippen LogP contribution in [0.2, 0.25) is 0 Å². The summed E-state index contributed by atoms with van der Waals surface area (Å²) in [6, 6.07) is 7.88. The van der Waals surface area contributed by atoms with Crippen molar-refractivity contribution in [3.05, 3.63) is 24.3 Å². The molecule has 0 fully saturated rings. The van der Waals surface area contributed by atoms with Crippen molar-refractivity contribution in [3.8, 4) is 5.75 Å². The van der Waals surface area contributed by atoms with Crippen LogP contribution in [0.5, 0.6) is 5.75 Å². The molecule has 4 heteroatoms. The van der Waals surface area contributed by atoms with Gasteiger partial charge in [0.2, 0.25) is 5.91 Å². The molecular formula is C14H22N2O2. The van der Waals surface area contributed by atoms with E-state index >= 15 is 0 Å². The van der Waals surface area contributed by atoms with E-state index < -0.39 is 0 Å². The van der Waals surface area contributed by atoms with Gasteiger partial charge in [-0.25, -0.2) is 0 Å². The average Bonchev–Trinajstić information content (AvgIpc) is 2.35. The van der Waals surface area contributed by atoms with Gasteiger partial charge in [-0.15, -0.1) is 0 Å². The van der Waals surface area contributed by atoms with Crippen molar-refractivity contribution in [1.82, 2.24) is 5.32 Å². The van der Waals surface area contributed by atoms with Crippen LogP contribution in [0.4, 0.5) is 5.69 Å². The SMILES string of the molecule is COc1ccccc1NC(=O)CCCNC(C)C. The molecule has 1 amide bonds. The largest absolute Gasteiger partial charge is 0.495 e. The zero-order valence-corrected chi connectivity index (χ0v) is 11.3. The molecule has 0 radical (unpaired) electrons. The number of ether oxygens (including phenoxy) is 1. The highest BCUT2D eigenvalue weighted by Crippen LogP contribution is 2.23. The van der Waals surface area contributed by atoms with E-state index in [1.807, 2.05) is 24.3 Å². The van der Waals surface area contributed by atoms with Crippen molar-refractivity contribution in [2.45, 2.75) is 32.7 Å². The highest BCUT2D eigenvalue weighted by molar-refractivity contribution is 5.92. The molecule has 4 nitrogen and oxygen atoms in total. The summed E-state index contributed by atoms with van der Waals surface area (Å²) in [6.45, 7) is 5.04. The number of carbonyl (C=O) groups excluding carboxylic acids is 1. The Bertz CT molecular complexity index is 378. The molecular weight excluding hydrogens is 228 g/mol. The number of methoxy groups -OCH3 is 1. The summed E-state index contributed by atoms with van der Waals surface area (Å²) in [4.78, 5) is 11.7. The zero-order valence-electron chi connectivity index (χ0n) is 11.3. The Balaban J connectivity index is 2.35. The van der Waals surface area contributed by atoms with E-state index in [-0.39, 0.29) is 5.91 Å². The Morgan fingerprint density at radius 3 is 2.72 bits per heavy atom. The summed E-state index contributed by atoms with van der Waals surface area (Å²) in [5, 5.41) is 6.14. The fourth-order valence-electron chi connectivity index (χ4n) is 1.60. The maximum atomic E-state index is 11.7. The normalized spacial score (nSPS) is 10.4. The van der Waals surface area contributed by atoms with Gasteiger partial charge in [-0.05, 0) is 25.1 Å². The molecule has 0 aliphatic heterocycles. The van der Waals surface area contributed by atoms with E-state index in [1.54, 1.807) is 7.11 Å². The van der Waals surface area contributed by atoms with Crippen LogP contribution in [-0.4, -0.2) is 25.6 Å². The van der Waals surface area contributed by atoms with Gasteiger partial charge in [0.15, 0.2) is 0 Å². The summed E-state index contributed by atoms with van der Waals surface area (Å²) >= 11 is 0. The average molecular weight is 250 g/mol. The second kappa shape index (κ2) is 7.71. The zero-order chi connectivity index (χ0) is 13.4. The van der Waals surface area contributed by atoms with Gasteiger partial charge in [-0.1, -0.05) is 26.0 Å². The Morgan fingerprint density at radius 2 is 2.06 bits per heavy atom. The molecule has 1 aromatic carbocycles. The first-order chi connectivity index (χ1) is 8.63. The number of hydrogen-bond acceptors (Lipinski definition) is 3. The van der Waals surface area contributed by atoms with E-state index in [4.69, 9.17) is 4.74 Å². The third-order valence-electron chi connectivity index (χ3n) is 2.51. The van der Waals surface area contributed by atoms with Crippen molar-refractivity contribution in [2.75, 3.05) is 19.0 Å². The first-order valence-corrected chi connectivity index (χ1v) is 6.29. The van der Waals surface area contributed by atoms with E-state index in [9.17, 15) is 4.79 Å². The summed E-state index contributed by atoms with van der Waals surface area (Å²) in [6.07, 6.45) is 1.34. The van der Waals surface area contributed by atoms with Crippen molar-refractivity contribution < 1.29 is 9.53 Å². The number of rotatable bonds is 7. The molecule has 1 aromatic rings. The van der Waals surface area contributed by atoms with Crippen molar-refractivity contribution in [2.24, 2.45) is 0 Å². The van der Waals surface area contributed by atoms with Crippen molar-refractivity contribution >= 4 is 11.6 Å². The van der Waals surface area contributed by atoms with E-state index in [2.05, 4.69) is 24.5 Å². The minimum Gasteiger partial charge on any atom is -0.495 e. The lowest BCUT2D eigenvalue weighted by atomic mass is 10.2. The standard InChI is InChI=1S/C14H22N2O2/c1-11(2)15-10-6-9-14(17)16-12-7-4-5-8-13(12)18-3/h4-5,7-8,11,15H,6,9-10H2,1-3H3,(H,16,17). The van der Waals surface area contributed by atoms with Crippen LogP contribution >= 0.6 is 0 Å². The summed E-state index contributed by atoms with van der Waals surface area (Å²) < 4.78 is 5.18. The van der Waals surface area contributed by atoms with Crippen LogP contribution in [0.25, 0.3) is 0 Å². The quantitative estimate of drug-likeness (QED) is 0.731. The fraction of sp³-hybridized carbons (Fsp3) is 0.500. The van der Waals surface area contributed by atoms with Gasteiger partial charge in [-0.3, -0.25) is 4.79 Å². The topological polar surface area (TPSA) is 50.4 Å². The predicted octanol–water partition coefficient (Wildman–Crippen LogP) is 2.41. The second-order valence-corrected chi connectivity index (χ2v) is 4.46. The highest BCUT2D eigenvalue weighted by Gasteiger charge is 2.06. The number of nitrogens with one attached hydrogen (secondary N) is 2. The summed E-state index contributed by atoms with van der Waals surface area (Å²) in [5.74, 6) is 0.705. The number of hydrogen-bond donors (Lipinski definition) is 2. The van der Waals surface area contributed by atoms with Gasteiger partial charge in [-0.2, -0.15) is 0 Å². The van der Waals surface area contributed by atoms with Crippen LogP contribution in [0.1, 0.15) is 26.7 Å². The number of benzene rings is 1.